The molecule has 1 amide bonds. The first-order valence-electron chi connectivity index (χ1n) is 32.6. The molecule has 0 heterocycles. The molecule has 0 fully saturated rings. The highest BCUT2D eigenvalue weighted by Gasteiger charge is 2.27. The predicted octanol–water partition coefficient (Wildman–Crippen LogP) is 19.6. The third kappa shape index (κ3) is 58.2. The minimum Gasteiger partial charge on any atom is -0.756 e. The van der Waals surface area contributed by atoms with Gasteiger partial charge in [-0.3, -0.25) is 14.2 Å². The topological polar surface area (TPSA) is 114 Å². The number of esters is 1. The third-order valence-electron chi connectivity index (χ3n) is 14.4. The summed E-state index contributed by atoms with van der Waals surface area (Å²) in [4.78, 5) is 40.0. The monoisotopic (exact) mass is 1100 g/mol. The van der Waals surface area contributed by atoms with Crippen LogP contribution in [0.3, 0.4) is 0 Å². The summed E-state index contributed by atoms with van der Waals surface area (Å²) >= 11 is 0. The number of carbonyl (C=O) groups is 2. The van der Waals surface area contributed by atoms with Gasteiger partial charge in [0.1, 0.15) is 19.3 Å². The van der Waals surface area contributed by atoms with Crippen LogP contribution >= 0.6 is 7.82 Å². The van der Waals surface area contributed by atoms with Crippen molar-refractivity contribution >= 4 is 19.7 Å². The Bertz CT molecular complexity index is 1500. The van der Waals surface area contributed by atoms with Crippen LogP contribution in [-0.4, -0.2) is 69.4 Å². The third-order valence-corrected chi connectivity index (χ3v) is 15.4. The highest BCUT2D eigenvalue weighted by molar-refractivity contribution is 7.45. The normalized spacial score (nSPS) is 14.0. The predicted molar refractivity (Wildman–Crippen MR) is 330 cm³/mol. The van der Waals surface area contributed by atoms with Crippen molar-refractivity contribution in [1.29, 1.82) is 0 Å². The number of nitrogens with zero attached hydrogens (tertiary/aromatic N) is 1. The van der Waals surface area contributed by atoms with Crippen LogP contribution in [0.25, 0.3) is 0 Å². The zero-order chi connectivity index (χ0) is 56.4. The van der Waals surface area contributed by atoms with Gasteiger partial charge in [-0.1, -0.05) is 255 Å². The van der Waals surface area contributed by atoms with Crippen LogP contribution in [0.15, 0.2) is 60.8 Å². The molecule has 3 atom stereocenters. The fourth-order valence-corrected chi connectivity index (χ4v) is 10.1. The number of phosphoric acid groups is 1. The van der Waals surface area contributed by atoms with Crippen LogP contribution in [-0.2, 0) is 27.9 Å². The molecule has 0 saturated carbocycles. The van der Waals surface area contributed by atoms with E-state index in [1.54, 1.807) is 0 Å². The van der Waals surface area contributed by atoms with Crippen molar-refractivity contribution in [2.45, 2.75) is 315 Å². The van der Waals surface area contributed by atoms with Gasteiger partial charge in [-0.25, -0.2) is 0 Å². The molecule has 0 aliphatic carbocycles. The second-order valence-corrected chi connectivity index (χ2v) is 24.7. The van der Waals surface area contributed by atoms with Gasteiger partial charge in [0.2, 0.25) is 5.91 Å². The Labute approximate surface area is 477 Å². The van der Waals surface area contributed by atoms with Crippen molar-refractivity contribution < 1.29 is 37.3 Å². The van der Waals surface area contributed by atoms with Crippen LogP contribution < -0.4 is 10.2 Å². The lowest BCUT2D eigenvalue weighted by atomic mass is 10.0. The summed E-state index contributed by atoms with van der Waals surface area (Å²) in [6, 6.07) is -0.893. The summed E-state index contributed by atoms with van der Waals surface area (Å²) in [5.74, 6) is -0.544. The van der Waals surface area contributed by atoms with E-state index >= 15 is 0 Å². The summed E-state index contributed by atoms with van der Waals surface area (Å²) in [5, 5.41) is 3.03. The number of ether oxygens (including phenoxy) is 1. The van der Waals surface area contributed by atoms with E-state index in [2.05, 4.69) is 74.7 Å². The van der Waals surface area contributed by atoms with Crippen molar-refractivity contribution in [3.05, 3.63) is 60.8 Å². The van der Waals surface area contributed by atoms with Crippen molar-refractivity contribution in [2.75, 3.05) is 40.9 Å². The second kappa shape index (κ2) is 57.0. The van der Waals surface area contributed by atoms with Gasteiger partial charge in [0.15, 0.2) is 0 Å². The van der Waals surface area contributed by atoms with Gasteiger partial charge >= 0.3 is 5.97 Å². The number of hydrogen-bond acceptors (Lipinski definition) is 7. The van der Waals surface area contributed by atoms with E-state index < -0.39 is 26.6 Å². The zero-order valence-corrected chi connectivity index (χ0v) is 52.3. The number of carbonyl (C=O) groups excluding carboxylic acids is 2. The van der Waals surface area contributed by atoms with Gasteiger partial charge in [0.05, 0.1) is 33.8 Å². The van der Waals surface area contributed by atoms with Gasteiger partial charge in [-0.2, -0.15) is 0 Å². The molecular weight excluding hydrogens is 976 g/mol. The van der Waals surface area contributed by atoms with Crippen LogP contribution in [0.4, 0.5) is 0 Å². The summed E-state index contributed by atoms with van der Waals surface area (Å²) in [5.41, 5.74) is 0. The average molecular weight is 1100 g/mol. The quantitative estimate of drug-likeness (QED) is 0.0212. The van der Waals surface area contributed by atoms with Crippen molar-refractivity contribution in [2.24, 2.45) is 0 Å². The largest absolute Gasteiger partial charge is 0.756 e. The minimum atomic E-state index is -4.70. The number of likely N-dealkylation sites (N-methyl/N-ethyl adjacent to an activating group) is 1. The van der Waals surface area contributed by atoms with E-state index in [4.69, 9.17) is 13.8 Å². The molecule has 0 spiro atoms. The molecule has 10 heteroatoms. The lowest BCUT2D eigenvalue weighted by molar-refractivity contribution is -0.870. The van der Waals surface area contributed by atoms with E-state index in [0.29, 0.717) is 17.4 Å². The Morgan fingerprint density at radius 3 is 1.19 bits per heavy atom. The zero-order valence-electron chi connectivity index (χ0n) is 51.4. The molecule has 0 aliphatic rings. The van der Waals surface area contributed by atoms with Gasteiger partial charge in [0, 0.05) is 12.8 Å². The maximum absolute atomic E-state index is 13.5. The number of nitrogens with one attached hydrogen (secondary N) is 1. The van der Waals surface area contributed by atoms with Crippen LogP contribution in [0, 0.1) is 0 Å². The number of hydrogen-bond donors (Lipinski definition) is 1. The number of rotatable bonds is 59. The van der Waals surface area contributed by atoms with Crippen LogP contribution in [0.1, 0.15) is 303 Å². The van der Waals surface area contributed by atoms with E-state index in [1.807, 2.05) is 33.3 Å². The Morgan fingerprint density at radius 2 is 0.792 bits per heavy atom. The van der Waals surface area contributed by atoms with Crippen molar-refractivity contribution in [3.8, 4) is 0 Å². The smallest absolute Gasteiger partial charge is 0.306 e. The molecule has 77 heavy (non-hydrogen) atoms. The number of phosphoric ester groups is 1. The molecule has 0 aromatic rings. The molecule has 0 aromatic carbocycles. The molecule has 0 aliphatic heterocycles. The minimum absolute atomic E-state index is 0.0245. The standard InChI is InChI=1S/C67H125N2O7P/c1-7-10-13-16-19-22-25-27-29-31-32-33-34-35-36-38-40-42-45-48-51-54-57-60-67(71)76-65(58-55-52-49-46-43-24-21-18-15-12-9-3)64(63-75-77(72,73)74-62-61-69(4,5)6)68-66(70)59-56-53-50-47-44-41-39-37-30-28-26-23-20-17-14-11-8-2/h19-20,22-23,27-30,55,58,64-65H,7-18,21,24-26,31-54,56-57,59-63H2,1-6H3,(H-,68,70,72,73)/b22-19-,23-20-,29-27-,30-28-,58-55-. The Balaban J connectivity index is 5.12. The molecule has 3 unspecified atom stereocenters. The number of amides is 1. The van der Waals surface area contributed by atoms with Crippen LogP contribution in [0.5, 0.6) is 0 Å². The lowest BCUT2D eigenvalue weighted by Crippen LogP contribution is -2.47. The first-order valence-corrected chi connectivity index (χ1v) is 34.1. The van der Waals surface area contributed by atoms with Gasteiger partial charge in [-0.15, -0.1) is 0 Å². The summed E-state index contributed by atoms with van der Waals surface area (Å²) in [7, 11) is 1.18. The Kier molecular flexibility index (Phi) is 55.3. The highest BCUT2D eigenvalue weighted by atomic mass is 31.2. The average Bonchev–Trinajstić information content (AvgIpc) is 3.39. The number of allylic oxidation sites excluding steroid dienone is 9. The number of quaternary nitrogens is 1. The maximum atomic E-state index is 13.5. The molecule has 9 nitrogen and oxygen atoms in total. The molecule has 1 N–H and O–H groups in total. The summed E-state index contributed by atoms with van der Waals surface area (Å²) in [6.07, 6.45) is 71.9. The fraction of sp³-hybridized carbons (Fsp3) is 0.821. The fourth-order valence-electron chi connectivity index (χ4n) is 9.35. The van der Waals surface area contributed by atoms with Crippen LogP contribution in [0.2, 0.25) is 0 Å². The molecule has 0 bridgehead atoms. The summed E-state index contributed by atoms with van der Waals surface area (Å²) < 4.78 is 30.3. The van der Waals surface area contributed by atoms with Crippen molar-refractivity contribution in [3.63, 3.8) is 0 Å². The molecule has 0 radical (unpaired) electrons. The summed E-state index contributed by atoms with van der Waals surface area (Å²) in [6.45, 7) is 6.80. The van der Waals surface area contributed by atoms with Gasteiger partial charge < -0.3 is 28.5 Å². The van der Waals surface area contributed by atoms with Crippen molar-refractivity contribution in [1.82, 2.24) is 5.32 Å². The maximum Gasteiger partial charge on any atom is 0.306 e. The molecular formula is C67H125N2O7P. The Hall–Kier alpha value is -2.29. The second-order valence-electron chi connectivity index (χ2n) is 23.3. The van der Waals surface area contributed by atoms with E-state index in [0.717, 1.165) is 83.5 Å². The SMILES string of the molecule is CCCCC/C=C\C/C=C\CCCCCCCCCCCCCCCC(=O)OC(/C=C\CCCCCCCCCCC)C(COP(=O)([O-])OCC[N+](C)(C)C)NC(=O)CCCCCCCCC/C=C\C/C=C\CCCCC. The first kappa shape index (κ1) is 74.7. The van der Waals surface area contributed by atoms with E-state index in [-0.39, 0.29) is 24.9 Å². The lowest BCUT2D eigenvalue weighted by Gasteiger charge is -2.30. The molecule has 0 aromatic heterocycles. The number of unbranched alkanes of at least 4 members (excludes halogenated alkanes) is 35. The first-order chi connectivity index (χ1) is 37.4. The van der Waals surface area contributed by atoms with E-state index in [9.17, 15) is 19.0 Å². The molecule has 450 valence electrons. The van der Waals surface area contributed by atoms with Gasteiger partial charge in [-0.05, 0) is 96.0 Å². The molecule has 0 saturated heterocycles. The molecule has 0 rings (SSSR count). The highest BCUT2D eigenvalue weighted by Crippen LogP contribution is 2.38. The van der Waals surface area contributed by atoms with Gasteiger partial charge in [0.25, 0.3) is 7.82 Å². The van der Waals surface area contributed by atoms with E-state index in [1.165, 1.54) is 186 Å². The Morgan fingerprint density at radius 1 is 0.455 bits per heavy atom.